The summed E-state index contributed by atoms with van der Waals surface area (Å²) in [4.78, 5) is 108. The van der Waals surface area contributed by atoms with Gasteiger partial charge in [-0.3, -0.25) is 44.4 Å². The van der Waals surface area contributed by atoms with Crippen molar-refractivity contribution in [1.82, 2.24) is 10.6 Å². The molecule has 1 fully saturated rings. The normalized spacial score (nSPS) is 26.2. The van der Waals surface area contributed by atoms with Crippen LogP contribution in [0.2, 0.25) is 0 Å². The van der Waals surface area contributed by atoms with Crippen molar-refractivity contribution in [2.75, 3.05) is 44.2 Å². The van der Waals surface area contributed by atoms with Crippen molar-refractivity contribution < 1.29 is 62.4 Å². The van der Waals surface area contributed by atoms with Crippen molar-refractivity contribution >= 4 is 80.2 Å². The van der Waals surface area contributed by atoms with Gasteiger partial charge in [-0.1, -0.05) is 85.2 Å². The molecule has 1 saturated heterocycles. The maximum absolute atomic E-state index is 14.1. The number of anilines is 1. The Morgan fingerprint density at radius 3 is 2.42 bits per heavy atom. The molecular formula is C49H65N5O13S2. The Morgan fingerprint density at radius 2 is 1.74 bits per heavy atom. The monoisotopic (exact) mass is 995 g/mol. The van der Waals surface area contributed by atoms with E-state index in [2.05, 4.69) is 20.9 Å². The molecule has 8 unspecified atom stereocenters. The van der Waals surface area contributed by atoms with E-state index in [1.807, 2.05) is 13.8 Å². The molecule has 0 spiro atoms. The van der Waals surface area contributed by atoms with Crippen molar-refractivity contribution in [3.8, 4) is 0 Å². The number of ketones is 3. The van der Waals surface area contributed by atoms with Gasteiger partial charge in [-0.05, 0) is 62.7 Å². The number of hydrogen-bond acceptors (Lipinski definition) is 16. The molecule has 6 N–H and O–H groups in total. The van der Waals surface area contributed by atoms with Crippen LogP contribution in [0.15, 0.2) is 70.4 Å². The van der Waals surface area contributed by atoms with Crippen LogP contribution in [0.25, 0.3) is 0 Å². The number of imide groups is 1. The predicted octanol–water partition coefficient (Wildman–Crippen LogP) is 5.77. The highest BCUT2D eigenvalue weighted by Crippen LogP contribution is 2.30. The van der Waals surface area contributed by atoms with Crippen LogP contribution in [0.4, 0.5) is 15.3 Å². The number of nitrogens with zero attached hydrogens (tertiary/aromatic N) is 1. The van der Waals surface area contributed by atoms with Crippen molar-refractivity contribution in [1.29, 1.82) is 0 Å². The summed E-state index contributed by atoms with van der Waals surface area (Å²) in [5.41, 5.74) is 7.53. The van der Waals surface area contributed by atoms with Gasteiger partial charge in [-0.15, -0.1) is 0 Å². The maximum atomic E-state index is 14.1. The van der Waals surface area contributed by atoms with Crippen LogP contribution >= 0.6 is 21.6 Å². The van der Waals surface area contributed by atoms with Crippen molar-refractivity contribution in [2.45, 2.75) is 104 Å². The molecule has 1 aromatic rings. The molecule has 69 heavy (non-hydrogen) atoms. The van der Waals surface area contributed by atoms with Gasteiger partial charge in [0.15, 0.2) is 17.7 Å². The second-order valence-corrected chi connectivity index (χ2v) is 19.9. The summed E-state index contributed by atoms with van der Waals surface area (Å²) in [6, 6.07) is 5.00. The van der Waals surface area contributed by atoms with Crippen LogP contribution in [-0.4, -0.2) is 121 Å². The van der Waals surface area contributed by atoms with E-state index in [1.54, 1.807) is 44.2 Å². The number of carbonyl (C=O) groups is 8. The number of aliphatic imine (C=N–C) groups is 1. The topological polar surface area (TPSA) is 268 Å². The minimum absolute atomic E-state index is 0.0513. The summed E-state index contributed by atoms with van der Waals surface area (Å²) in [7, 11) is 5.75. The molecule has 376 valence electrons. The smallest absolute Gasteiger partial charge is 0.411 e. The summed E-state index contributed by atoms with van der Waals surface area (Å²) in [6.07, 6.45) is 4.24. The van der Waals surface area contributed by atoms with E-state index < -0.39 is 77.7 Å². The predicted molar refractivity (Wildman–Crippen MR) is 263 cm³/mol. The fourth-order valence-electron chi connectivity index (χ4n) is 8.32. The molecule has 20 heteroatoms. The van der Waals surface area contributed by atoms with E-state index in [0.717, 1.165) is 6.08 Å². The third-order valence-electron chi connectivity index (χ3n) is 11.9. The molecule has 0 saturated carbocycles. The minimum atomic E-state index is -1.03. The molecular weight excluding hydrogens is 931 g/mol. The summed E-state index contributed by atoms with van der Waals surface area (Å²) < 4.78 is 22.2. The summed E-state index contributed by atoms with van der Waals surface area (Å²) in [5, 5.41) is 19.1. The van der Waals surface area contributed by atoms with Crippen molar-refractivity contribution in [3.05, 3.63) is 76.5 Å². The second-order valence-electron chi connectivity index (χ2n) is 17.2. The molecule has 0 radical (unpaired) electrons. The standard InChI is InChI=1S/C49H65N5O13S2/c1-8-11-32-33(37(55)25-31-16-17-41(57)54-47(31)61)13-10-14-35(32)53-49(63)66-19-21-69-68-20-18-51-42-34-22-27(2)23-40(65-7)43(58)29(4)24-30(5)45(67-48(50)62)39(64-6)15-9-12-28(3)46(60)52-36(44(34)59)26-38(42)56/h9-10,12-15,24,26-27,29,31,34,39-40,43,45,58H,8,11,16-23,25H2,1-7H3,(H2,50,62)(H,52,60)(H,53,63)(H,54,57,61)/b15-9-,28-12?,30-24?,51-42?. The van der Waals surface area contributed by atoms with E-state index in [-0.39, 0.29) is 67.0 Å². The van der Waals surface area contributed by atoms with Crippen LogP contribution in [0.1, 0.15) is 89.1 Å². The molecule has 2 heterocycles. The number of primary amides is 1. The third kappa shape index (κ3) is 16.6. The molecule has 2 bridgehead atoms. The number of aliphatic hydroxyl groups is 1. The molecule has 8 atom stereocenters. The lowest BCUT2D eigenvalue weighted by Gasteiger charge is -2.31. The van der Waals surface area contributed by atoms with Crippen LogP contribution < -0.4 is 21.7 Å². The first-order valence-corrected chi connectivity index (χ1v) is 25.4. The largest absolute Gasteiger partial charge is 0.448 e. The molecule has 18 nitrogen and oxygen atoms in total. The van der Waals surface area contributed by atoms with E-state index in [0.29, 0.717) is 59.6 Å². The number of allylic oxidation sites excluding steroid dienone is 4. The number of amides is 5. The number of ether oxygens (including phenoxy) is 4. The SMILES string of the molecule is CCCc1c(NC(=O)OCCSSCCN=C2C(=O)C=C3NC(=O)C(C)=C/C=C\C(OC)C(OC(N)=O)C(C)=CC(C)C(O)C(OC)CC(C)CC2C3=O)cccc1C(=O)CC1CCC(=O)NC1=O. The lowest BCUT2D eigenvalue weighted by Crippen LogP contribution is -2.42. The number of piperidine rings is 1. The van der Waals surface area contributed by atoms with Gasteiger partial charge in [-0.2, -0.15) is 0 Å². The van der Waals surface area contributed by atoms with Gasteiger partial charge in [-0.25, -0.2) is 9.59 Å². The van der Waals surface area contributed by atoms with E-state index in [1.165, 1.54) is 54.9 Å². The Labute approximate surface area is 410 Å². The first-order chi connectivity index (χ1) is 32.9. The number of aliphatic hydroxyl groups excluding tert-OH is 1. The first-order valence-electron chi connectivity index (χ1n) is 22.9. The van der Waals surface area contributed by atoms with Crippen molar-refractivity contribution in [2.24, 2.45) is 34.4 Å². The lowest BCUT2D eigenvalue weighted by molar-refractivity contribution is -0.136. The fraction of sp³-hybridized carbons (Fsp3) is 0.531. The Bertz CT molecular complexity index is 2240. The van der Waals surface area contributed by atoms with E-state index >= 15 is 0 Å². The zero-order valence-electron chi connectivity index (χ0n) is 40.2. The van der Waals surface area contributed by atoms with Gasteiger partial charge in [0.1, 0.15) is 12.7 Å². The van der Waals surface area contributed by atoms with Crippen LogP contribution in [0, 0.1) is 23.7 Å². The van der Waals surface area contributed by atoms with Crippen molar-refractivity contribution in [3.63, 3.8) is 0 Å². The Morgan fingerprint density at radius 1 is 1.00 bits per heavy atom. The van der Waals surface area contributed by atoms with Gasteiger partial charge in [0.05, 0.1) is 29.5 Å². The Hall–Kier alpha value is -5.41. The second kappa shape index (κ2) is 27.7. The number of fused-ring (bicyclic) bond motifs is 2. The number of nitrogens with one attached hydrogen (secondary N) is 3. The molecule has 2 aliphatic heterocycles. The van der Waals surface area contributed by atoms with Crippen LogP contribution in [0.5, 0.6) is 0 Å². The maximum Gasteiger partial charge on any atom is 0.411 e. The van der Waals surface area contributed by atoms with Crippen LogP contribution in [-0.2, 0) is 49.3 Å². The first kappa shape index (κ1) is 56.2. The number of Topliss-reactive ketones (excluding diaryl/α,β-unsaturated/α-hetero) is 2. The number of rotatable bonds is 16. The third-order valence-corrected chi connectivity index (χ3v) is 14.3. The molecule has 3 aliphatic rings. The highest BCUT2D eigenvalue weighted by atomic mass is 33.1. The fourth-order valence-corrected chi connectivity index (χ4v) is 10.0. The number of methoxy groups -OCH3 is 2. The molecule has 0 aromatic heterocycles. The number of hydrogen-bond donors (Lipinski definition) is 5. The molecule has 1 aliphatic carbocycles. The quantitative estimate of drug-likeness (QED) is 0.0432. The Kier molecular flexibility index (Phi) is 22.5. The zero-order valence-corrected chi connectivity index (χ0v) is 41.8. The number of nitrogens with two attached hydrogens (primary N) is 1. The van der Waals surface area contributed by atoms with Gasteiger partial charge in [0.25, 0.3) is 5.91 Å². The number of carbonyl (C=O) groups excluding carboxylic acids is 8. The summed E-state index contributed by atoms with van der Waals surface area (Å²) in [5.74, 6) is -4.18. The highest BCUT2D eigenvalue weighted by molar-refractivity contribution is 8.76. The molecule has 4 rings (SSSR count). The molecule has 5 amide bonds. The highest BCUT2D eigenvalue weighted by Gasteiger charge is 2.38. The van der Waals surface area contributed by atoms with Gasteiger partial charge >= 0.3 is 12.2 Å². The van der Waals surface area contributed by atoms with Gasteiger partial charge in [0.2, 0.25) is 17.6 Å². The van der Waals surface area contributed by atoms with E-state index in [9.17, 15) is 43.5 Å². The van der Waals surface area contributed by atoms with Gasteiger partial charge < -0.3 is 35.1 Å². The zero-order chi connectivity index (χ0) is 50.8. The van der Waals surface area contributed by atoms with Crippen LogP contribution in [0.3, 0.4) is 0 Å². The minimum Gasteiger partial charge on any atom is -0.448 e. The Balaban J connectivity index is 1.40. The van der Waals surface area contributed by atoms with Gasteiger partial charge in [0, 0.05) is 79.8 Å². The molecule has 1 aromatic carbocycles. The van der Waals surface area contributed by atoms with E-state index in [4.69, 9.17) is 24.7 Å². The lowest BCUT2D eigenvalue weighted by atomic mass is 9.79. The summed E-state index contributed by atoms with van der Waals surface area (Å²) >= 11 is 0. The average Bonchev–Trinajstić information content (AvgIpc) is 3.30. The number of benzene rings is 1. The average molecular weight is 996 g/mol. The summed E-state index contributed by atoms with van der Waals surface area (Å²) in [6.45, 7) is 9.11.